The highest BCUT2D eigenvalue weighted by Gasteiger charge is 2.24. The molecule has 1 aromatic carbocycles. The van der Waals surface area contributed by atoms with Gasteiger partial charge in [0, 0.05) is 36.2 Å². The summed E-state index contributed by atoms with van der Waals surface area (Å²) in [4.78, 5) is 12.2. The van der Waals surface area contributed by atoms with Gasteiger partial charge in [-0.2, -0.15) is 0 Å². The molecule has 2 heterocycles. The Morgan fingerprint density at radius 3 is 2.79 bits per heavy atom. The van der Waals surface area contributed by atoms with E-state index in [1.165, 1.54) is 0 Å². The number of carbonyl (C=O) groups excluding carboxylic acids is 1. The fourth-order valence-corrected chi connectivity index (χ4v) is 3.42. The number of nitrogens with one attached hydrogen (secondary N) is 2. The maximum absolute atomic E-state index is 12.2. The molecule has 1 unspecified atom stereocenters. The highest BCUT2D eigenvalue weighted by Crippen LogP contribution is 2.30. The zero-order valence-electron chi connectivity index (χ0n) is 13.8. The monoisotopic (exact) mass is 392 g/mol. The molecular weight excluding hydrogens is 372 g/mol. The summed E-state index contributed by atoms with van der Waals surface area (Å²) in [5.74, 6) is 0.262. The van der Waals surface area contributed by atoms with Crippen LogP contribution in [0.2, 0.25) is 0 Å². The lowest BCUT2D eigenvalue weighted by Crippen LogP contribution is -2.32. The summed E-state index contributed by atoms with van der Waals surface area (Å²) < 4.78 is 6.38. The summed E-state index contributed by atoms with van der Waals surface area (Å²) in [6, 6.07) is 5.99. The number of rotatable bonds is 4. The molecule has 1 atom stereocenters. The highest BCUT2D eigenvalue weighted by molar-refractivity contribution is 9.10. The van der Waals surface area contributed by atoms with Gasteiger partial charge in [0.15, 0.2) is 5.69 Å². The van der Waals surface area contributed by atoms with E-state index in [1.807, 2.05) is 18.2 Å². The second-order valence-corrected chi connectivity index (χ2v) is 6.96. The molecule has 2 aromatic rings. The summed E-state index contributed by atoms with van der Waals surface area (Å²) in [6.45, 7) is 3.73. The van der Waals surface area contributed by atoms with Crippen LogP contribution in [0.4, 0.5) is 5.69 Å². The first-order valence-corrected chi connectivity index (χ1v) is 8.91. The van der Waals surface area contributed by atoms with Gasteiger partial charge in [-0.3, -0.25) is 4.79 Å². The van der Waals surface area contributed by atoms with Crippen LogP contribution < -0.4 is 10.6 Å². The minimum atomic E-state index is -0.244. The smallest absolute Gasteiger partial charge is 0.273 e. The first kappa shape index (κ1) is 17.1. The maximum atomic E-state index is 12.2. The van der Waals surface area contributed by atoms with E-state index in [2.05, 4.69) is 43.7 Å². The van der Waals surface area contributed by atoms with Crippen molar-refractivity contribution in [1.29, 1.82) is 0 Å². The van der Waals surface area contributed by atoms with Crippen molar-refractivity contribution < 1.29 is 9.53 Å². The fraction of sp³-hybridized carbons (Fsp3) is 0.471. The van der Waals surface area contributed by atoms with Crippen LogP contribution in [0.5, 0.6) is 0 Å². The average molecular weight is 393 g/mol. The highest BCUT2D eigenvalue weighted by atomic mass is 79.9. The van der Waals surface area contributed by atoms with Gasteiger partial charge in [-0.05, 0) is 43.9 Å². The van der Waals surface area contributed by atoms with Gasteiger partial charge in [-0.15, -0.1) is 10.2 Å². The largest absolute Gasteiger partial charge is 0.381 e. The molecule has 7 heteroatoms. The first-order valence-electron chi connectivity index (χ1n) is 8.12. The van der Waals surface area contributed by atoms with E-state index in [9.17, 15) is 4.79 Å². The third-order valence-electron chi connectivity index (χ3n) is 4.51. The predicted octanol–water partition coefficient (Wildman–Crippen LogP) is 2.98. The number of halogens is 1. The van der Waals surface area contributed by atoms with Crippen LogP contribution in [0, 0.1) is 5.92 Å². The molecule has 0 radical (unpaired) electrons. The second kappa shape index (κ2) is 7.44. The Morgan fingerprint density at radius 1 is 1.33 bits per heavy atom. The van der Waals surface area contributed by atoms with E-state index < -0.39 is 0 Å². The van der Waals surface area contributed by atoms with Gasteiger partial charge < -0.3 is 15.4 Å². The number of hydrogen-bond acceptors (Lipinski definition) is 5. The molecule has 1 amide bonds. The zero-order valence-corrected chi connectivity index (χ0v) is 15.4. The molecule has 128 valence electrons. The topological polar surface area (TPSA) is 76.1 Å². The summed E-state index contributed by atoms with van der Waals surface area (Å²) in [5, 5.41) is 15.4. The van der Waals surface area contributed by atoms with Gasteiger partial charge in [0.05, 0.1) is 11.2 Å². The fourth-order valence-electron chi connectivity index (χ4n) is 3.06. The normalized spacial score (nSPS) is 16.8. The number of anilines is 1. The van der Waals surface area contributed by atoms with Gasteiger partial charge in [-0.1, -0.05) is 15.9 Å². The number of aromatic nitrogens is 2. The van der Waals surface area contributed by atoms with Gasteiger partial charge in [0.2, 0.25) is 0 Å². The third kappa shape index (κ3) is 3.52. The van der Waals surface area contributed by atoms with Crippen molar-refractivity contribution in [3.63, 3.8) is 0 Å². The lowest BCUT2D eigenvalue weighted by atomic mass is 9.92. The number of ether oxygens (including phenoxy) is 1. The molecule has 6 nitrogen and oxygen atoms in total. The Hall–Kier alpha value is -1.73. The Kier molecular flexibility index (Phi) is 5.30. The Balaban J connectivity index is 2.01. The molecule has 1 aromatic heterocycles. The van der Waals surface area contributed by atoms with Crippen LogP contribution >= 0.6 is 15.9 Å². The zero-order chi connectivity index (χ0) is 17.1. The van der Waals surface area contributed by atoms with Gasteiger partial charge in [-0.25, -0.2) is 0 Å². The van der Waals surface area contributed by atoms with Crippen molar-refractivity contribution in [1.82, 2.24) is 15.5 Å². The summed E-state index contributed by atoms with van der Waals surface area (Å²) >= 11 is 3.50. The Labute approximate surface area is 149 Å². The number of benzene rings is 1. The van der Waals surface area contributed by atoms with E-state index in [4.69, 9.17) is 4.74 Å². The van der Waals surface area contributed by atoms with Gasteiger partial charge in [0.1, 0.15) is 0 Å². The van der Waals surface area contributed by atoms with Crippen molar-refractivity contribution in [2.24, 2.45) is 5.92 Å². The first-order chi connectivity index (χ1) is 11.6. The number of carbonyl (C=O) groups is 1. The molecule has 0 saturated carbocycles. The molecule has 1 aliphatic heterocycles. The Morgan fingerprint density at radius 2 is 2.08 bits per heavy atom. The molecule has 1 fully saturated rings. The number of fused-ring (bicyclic) bond motifs is 1. The van der Waals surface area contributed by atoms with Crippen LogP contribution in [0.1, 0.15) is 30.3 Å². The lowest BCUT2D eigenvalue weighted by Gasteiger charge is -2.29. The maximum Gasteiger partial charge on any atom is 0.273 e. The molecule has 0 aliphatic carbocycles. The SMILES string of the molecule is CNC(=O)c1nnc2ccc(Br)cc2c1NC(C)C1CCOCC1. The molecule has 1 aliphatic rings. The summed E-state index contributed by atoms with van der Waals surface area (Å²) in [5.41, 5.74) is 1.81. The number of nitrogens with zero attached hydrogens (tertiary/aromatic N) is 2. The van der Waals surface area contributed by atoms with E-state index in [0.717, 1.165) is 47.1 Å². The quantitative estimate of drug-likeness (QED) is 0.836. The molecule has 2 N–H and O–H groups in total. The van der Waals surface area contributed by atoms with Crippen molar-refractivity contribution in [3.05, 3.63) is 28.4 Å². The van der Waals surface area contributed by atoms with Crippen LogP contribution in [0.15, 0.2) is 22.7 Å². The molecule has 1 saturated heterocycles. The standard InChI is InChI=1S/C17H21BrN4O2/c1-10(11-5-7-24-8-6-11)20-15-13-9-12(18)3-4-14(13)21-22-16(15)17(23)19-2/h3-4,9-11H,5-8H2,1-2H3,(H,19,23)(H,20,21). The summed E-state index contributed by atoms with van der Waals surface area (Å²) in [6.07, 6.45) is 2.03. The van der Waals surface area contributed by atoms with Crippen LogP contribution in [0.3, 0.4) is 0 Å². The van der Waals surface area contributed by atoms with Gasteiger partial charge >= 0.3 is 0 Å². The summed E-state index contributed by atoms with van der Waals surface area (Å²) in [7, 11) is 1.60. The van der Waals surface area contributed by atoms with E-state index >= 15 is 0 Å². The second-order valence-electron chi connectivity index (χ2n) is 6.05. The van der Waals surface area contributed by atoms with Crippen LogP contribution in [-0.4, -0.2) is 42.4 Å². The minimum Gasteiger partial charge on any atom is -0.381 e. The lowest BCUT2D eigenvalue weighted by molar-refractivity contribution is 0.0622. The molecule has 24 heavy (non-hydrogen) atoms. The number of amides is 1. The van der Waals surface area contributed by atoms with Crippen LogP contribution in [-0.2, 0) is 4.74 Å². The van der Waals surface area contributed by atoms with E-state index in [0.29, 0.717) is 11.6 Å². The molecule has 3 rings (SSSR count). The van der Waals surface area contributed by atoms with E-state index in [1.54, 1.807) is 7.05 Å². The predicted molar refractivity (Wildman–Crippen MR) is 97.3 cm³/mol. The van der Waals surface area contributed by atoms with Gasteiger partial charge in [0.25, 0.3) is 5.91 Å². The minimum absolute atomic E-state index is 0.212. The van der Waals surface area contributed by atoms with E-state index in [-0.39, 0.29) is 11.9 Å². The Bertz CT molecular complexity index is 747. The van der Waals surface area contributed by atoms with Crippen molar-refractivity contribution in [2.75, 3.05) is 25.6 Å². The number of hydrogen-bond donors (Lipinski definition) is 2. The average Bonchev–Trinajstić information content (AvgIpc) is 2.62. The van der Waals surface area contributed by atoms with Crippen molar-refractivity contribution in [2.45, 2.75) is 25.8 Å². The van der Waals surface area contributed by atoms with Crippen molar-refractivity contribution >= 4 is 38.4 Å². The van der Waals surface area contributed by atoms with Crippen LogP contribution in [0.25, 0.3) is 10.9 Å². The molecule has 0 bridgehead atoms. The molecule has 0 spiro atoms. The molecular formula is C17H21BrN4O2. The van der Waals surface area contributed by atoms with Crippen molar-refractivity contribution in [3.8, 4) is 0 Å². The third-order valence-corrected chi connectivity index (χ3v) is 5.00.